The second-order valence-corrected chi connectivity index (χ2v) is 15.0. The predicted molar refractivity (Wildman–Crippen MR) is 127 cm³/mol. The molecule has 0 fully saturated rings. The summed E-state index contributed by atoms with van der Waals surface area (Å²) in [6.07, 6.45) is 1.90. The van der Waals surface area contributed by atoms with Gasteiger partial charge in [0.1, 0.15) is 12.0 Å². The van der Waals surface area contributed by atoms with E-state index in [-0.39, 0.29) is 29.1 Å². The quantitative estimate of drug-likeness (QED) is 0.277. The van der Waals surface area contributed by atoms with Crippen LogP contribution >= 0.6 is 0 Å². The molecular formula is C25H44O4Si. The molecule has 0 spiro atoms. The van der Waals surface area contributed by atoms with E-state index in [2.05, 4.69) is 54.6 Å². The first-order valence-electron chi connectivity index (χ1n) is 11.3. The summed E-state index contributed by atoms with van der Waals surface area (Å²) in [5, 5.41) is 0.133. The average Bonchev–Trinajstić information content (AvgIpc) is 2.70. The van der Waals surface area contributed by atoms with E-state index in [1.807, 2.05) is 31.2 Å². The van der Waals surface area contributed by atoms with E-state index in [0.717, 1.165) is 24.0 Å². The molecule has 0 aromatic heterocycles. The van der Waals surface area contributed by atoms with Crippen molar-refractivity contribution in [3.05, 3.63) is 29.8 Å². The van der Waals surface area contributed by atoms with Gasteiger partial charge in [0.15, 0.2) is 8.32 Å². The first kappa shape index (κ1) is 26.9. The molecule has 5 heteroatoms. The monoisotopic (exact) mass is 436 g/mol. The number of ether oxygens (including phenoxy) is 2. The summed E-state index contributed by atoms with van der Waals surface area (Å²) in [6.45, 7) is 20.4. The third-order valence-electron chi connectivity index (χ3n) is 6.81. The fourth-order valence-corrected chi connectivity index (χ4v) is 4.93. The van der Waals surface area contributed by atoms with Gasteiger partial charge in [0.05, 0.1) is 25.9 Å². The van der Waals surface area contributed by atoms with Crippen LogP contribution in [0.4, 0.5) is 0 Å². The molecule has 4 nitrogen and oxygen atoms in total. The molecule has 1 aromatic rings. The lowest BCUT2D eigenvalue weighted by atomic mass is 9.83. The van der Waals surface area contributed by atoms with Crippen molar-refractivity contribution in [2.45, 2.75) is 91.8 Å². The maximum Gasteiger partial charge on any atom is 0.192 e. The molecule has 0 saturated carbocycles. The van der Waals surface area contributed by atoms with Crippen LogP contribution in [0.15, 0.2) is 24.3 Å². The Morgan fingerprint density at radius 1 is 1.03 bits per heavy atom. The molecule has 0 aliphatic rings. The van der Waals surface area contributed by atoms with E-state index in [0.29, 0.717) is 12.5 Å². The number of carbonyl (C=O) groups is 1. The summed E-state index contributed by atoms with van der Waals surface area (Å²) in [6, 6.07) is 7.88. The van der Waals surface area contributed by atoms with Gasteiger partial charge in [-0.1, -0.05) is 67.0 Å². The Morgan fingerprint density at radius 3 is 2.03 bits per heavy atom. The average molecular weight is 437 g/mol. The molecule has 5 atom stereocenters. The SMILES string of the molecule is CC[C@H](C)[C@@H](O[Si](C)(C)C(C)(C)C)[C@H](C)[C@@H](OCc1ccc(OC)cc1)[C@@H](C)C=O. The number of rotatable bonds is 12. The van der Waals surface area contributed by atoms with Gasteiger partial charge in [-0.2, -0.15) is 0 Å². The molecule has 1 aromatic carbocycles. The van der Waals surface area contributed by atoms with Crippen molar-refractivity contribution in [1.82, 2.24) is 0 Å². The van der Waals surface area contributed by atoms with Gasteiger partial charge in [0, 0.05) is 11.8 Å². The highest BCUT2D eigenvalue weighted by Gasteiger charge is 2.43. The van der Waals surface area contributed by atoms with Gasteiger partial charge in [0.2, 0.25) is 0 Å². The smallest absolute Gasteiger partial charge is 0.192 e. The maximum absolute atomic E-state index is 11.7. The van der Waals surface area contributed by atoms with E-state index in [9.17, 15) is 4.79 Å². The molecule has 172 valence electrons. The lowest BCUT2D eigenvalue weighted by Crippen LogP contribution is -2.50. The molecule has 0 bridgehead atoms. The third kappa shape index (κ3) is 7.21. The Labute approximate surface area is 185 Å². The van der Waals surface area contributed by atoms with E-state index in [1.54, 1.807) is 7.11 Å². The molecule has 0 aliphatic carbocycles. The minimum absolute atomic E-state index is 0.0548. The molecule has 0 heterocycles. The third-order valence-corrected chi connectivity index (χ3v) is 11.3. The molecule has 0 aliphatic heterocycles. The standard InChI is InChI=1S/C25H44O4Si/c1-11-18(2)24(29-30(9,10)25(5,6)7)20(4)23(19(3)16-26)28-17-21-12-14-22(27-8)15-13-21/h12-16,18-20,23-24H,11,17H2,1-10H3/t18-,19-,20+,23-,24+/m0/s1. The zero-order valence-electron chi connectivity index (χ0n) is 20.8. The highest BCUT2D eigenvalue weighted by atomic mass is 28.4. The van der Waals surface area contributed by atoms with Gasteiger partial charge in [0.25, 0.3) is 0 Å². The normalized spacial score (nSPS) is 17.7. The van der Waals surface area contributed by atoms with Crippen molar-refractivity contribution in [2.75, 3.05) is 7.11 Å². The zero-order valence-corrected chi connectivity index (χ0v) is 21.8. The highest BCUT2D eigenvalue weighted by molar-refractivity contribution is 6.74. The van der Waals surface area contributed by atoms with Crippen LogP contribution in [0.25, 0.3) is 0 Å². The van der Waals surface area contributed by atoms with Gasteiger partial charge in [-0.05, 0) is 41.7 Å². The largest absolute Gasteiger partial charge is 0.497 e. The first-order valence-corrected chi connectivity index (χ1v) is 14.2. The lowest BCUT2D eigenvalue weighted by Gasteiger charge is -2.44. The highest BCUT2D eigenvalue weighted by Crippen LogP contribution is 2.40. The van der Waals surface area contributed by atoms with Gasteiger partial charge in [-0.15, -0.1) is 0 Å². The minimum Gasteiger partial charge on any atom is -0.497 e. The Bertz CT molecular complexity index is 636. The summed E-state index contributed by atoms with van der Waals surface area (Å²) in [5.74, 6) is 1.12. The minimum atomic E-state index is -1.96. The van der Waals surface area contributed by atoms with Gasteiger partial charge in [-0.25, -0.2) is 0 Å². The maximum atomic E-state index is 11.7. The van der Waals surface area contributed by atoms with E-state index in [1.165, 1.54) is 0 Å². The van der Waals surface area contributed by atoms with E-state index in [4.69, 9.17) is 13.9 Å². The first-order chi connectivity index (χ1) is 13.9. The predicted octanol–water partition coefficient (Wildman–Crippen LogP) is 6.49. The van der Waals surface area contributed by atoms with Gasteiger partial charge >= 0.3 is 0 Å². The number of hydrogen-bond donors (Lipinski definition) is 0. The summed E-state index contributed by atoms with van der Waals surface area (Å²) in [5.41, 5.74) is 1.07. The van der Waals surface area contributed by atoms with E-state index >= 15 is 0 Å². The second-order valence-electron chi connectivity index (χ2n) is 10.2. The van der Waals surface area contributed by atoms with Gasteiger partial charge < -0.3 is 18.7 Å². The fraction of sp³-hybridized carbons (Fsp3) is 0.720. The Balaban J connectivity index is 3.07. The molecular weight excluding hydrogens is 392 g/mol. The summed E-state index contributed by atoms with van der Waals surface area (Å²) in [4.78, 5) is 11.7. The van der Waals surface area contributed by atoms with Crippen LogP contribution in [-0.4, -0.2) is 33.9 Å². The lowest BCUT2D eigenvalue weighted by molar-refractivity contribution is -0.121. The molecule has 1 rings (SSSR count). The van der Waals surface area contributed by atoms with Crippen molar-refractivity contribution in [3.63, 3.8) is 0 Å². The van der Waals surface area contributed by atoms with Crippen LogP contribution in [0, 0.1) is 17.8 Å². The number of aldehydes is 1. The van der Waals surface area contributed by atoms with Crippen LogP contribution in [0.3, 0.4) is 0 Å². The van der Waals surface area contributed by atoms with Crippen LogP contribution < -0.4 is 4.74 Å². The molecule has 0 saturated heterocycles. The topological polar surface area (TPSA) is 44.8 Å². The second kappa shape index (κ2) is 11.4. The fourth-order valence-electron chi connectivity index (χ4n) is 3.45. The van der Waals surface area contributed by atoms with Gasteiger partial charge in [-0.3, -0.25) is 0 Å². The van der Waals surface area contributed by atoms with Crippen LogP contribution in [-0.2, 0) is 20.6 Å². The number of benzene rings is 1. The van der Waals surface area contributed by atoms with E-state index < -0.39 is 8.32 Å². The van der Waals surface area contributed by atoms with Crippen molar-refractivity contribution in [1.29, 1.82) is 0 Å². The summed E-state index contributed by atoms with van der Waals surface area (Å²) < 4.78 is 18.5. The van der Waals surface area contributed by atoms with Crippen LogP contribution in [0.5, 0.6) is 5.75 Å². The zero-order chi connectivity index (χ0) is 23.1. The van der Waals surface area contributed by atoms with Crippen LogP contribution in [0.1, 0.15) is 60.5 Å². The Kier molecular flexibility index (Phi) is 10.2. The van der Waals surface area contributed by atoms with Crippen molar-refractivity contribution in [2.24, 2.45) is 17.8 Å². The molecule has 0 N–H and O–H groups in total. The Morgan fingerprint density at radius 2 is 1.60 bits per heavy atom. The van der Waals surface area contributed by atoms with Crippen molar-refractivity contribution >= 4 is 14.6 Å². The molecule has 0 radical (unpaired) electrons. The number of carbonyl (C=O) groups excluding carboxylic acids is 1. The van der Waals surface area contributed by atoms with Crippen molar-refractivity contribution < 1.29 is 18.7 Å². The van der Waals surface area contributed by atoms with Crippen LogP contribution in [0.2, 0.25) is 18.1 Å². The molecule has 0 unspecified atom stereocenters. The number of hydrogen-bond acceptors (Lipinski definition) is 4. The molecule has 30 heavy (non-hydrogen) atoms. The van der Waals surface area contributed by atoms with Crippen molar-refractivity contribution in [3.8, 4) is 5.75 Å². The molecule has 0 amide bonds. The summed E-state index contributed by atoms with van der Waals surface area (Å²) in [7, 11) is -0.297. The number of methoxy groups -OCH3 is 1. The Hall–Kier alpha value is -1.17. The summed E-state index contributed by atoms with van der Waals surface area (Å²) >= 11 is 0.